The van der Waals surface area contributed by atoms with E-state index in [2.05, 4.69) is 10.0 Å². The van der Waals surface area contributed by atoms with Crippen LogP contribution >= 0.6 is 0 Å². The van der Waals surface area contributed by atoms with Gasteiger partial charge < -0.3 is 15.0 Å². The number of rotatable bonds is 6. The number of nitrogens with two attached hydrogens (primary N) is 1. The predicted octanol–water partition coefficient (Wildman–Crippen LogP) is 1.47. The van der Waals surface area contributed by atoms with Gasteiger partial charge in [-0.1, -0.05) is 6.07 Å². The number of carbonyl (C=O) groups excluding carboxylic acids is 1. The molecule has 2 amide bonds. The third-order valence-electron chi connectivity index (χ3n) is 4.00. The molecule has 4 N–H and O–H groups in total. The van der Waals surface area contributed by atoms with E-state index in [1.54, 1.807) is 23.1 Å². The Morgan fingerprint density at radius 2 is 2.32 bits per heavy atom. The number of carbonyl (C=O) groups is 1. The standard InChI is InChI=1S/C16H23N5O3S/c1-2-19-16(22)21-9-4-3-6-12(21)11-24-15-8-5-7-14(13(15)10-17)20-25(18)23/h5,7-8,12,20H,2-4,6,9,11,18H2,1H3,(H,19,22). The van der Waals surface area contributed by atoms with Crippen molar-refractivity contribution in [1.29, 1.82) is 5.26 Å². The topological polar surface area (TPSA) is 120 Å². The van der Waals surface area contributed by atoms with Crippen LogP contribution in [0.5, 0.6) is 5.75 Å². The highest BCUT2D eigenvalue weighted by Crippen LogP contribution is 2.27. The van der Waals surface area contributed by atoms with E-state index < -0.39 is 11.2 Å². The molecule has 0 spiro atoms. The number of piperidine rings is 1. The maximum absolute atomic E-state index is 12.2. The van der Waals surface area contributed by atoms with E-state index in [9.17, 15) is 14.3 Å². The molecule has 2 unspecified atom stereocenters. The SMILES string of the molecule is CCNC(=O)N1CCCCC1COc1cccc(NS(N)=O)c1C#N. The summed E-state index contributed by atoms with van der Waals surface area (Å²) in [6.45, 7) is 3.44. The molecular weight excluding hydrogens is 342 g/mol. The summed E-state index contributed by atoms with van der Waals surface area (Å²) in [7, 11) is 0. The summed E-state index contributed by atoms with van der Waals surface area (Å²) in [6, 6.07) is 6.87. The van der Waals surface area contributed by atoms with Crippen molar-refractivity contribution in [2.75, 3.05) is 24.4 Å². The Labute approximate surface area is 150 Å². The van der Waals surface area contributed by atoms with Gasteiger partial charge in [0, 0.05) is 13.1 Å². The maximum Gasteiger partial charge on any atom is 0.317 e. The lowest BCUT2D eigenvalue weighted by Crippen LogP contribution is -2.50. The fourth-order valence-electron chi connectivity index (χ4n) is 2.84. The Balaban J connectivity index is 2.10. The molecule has 9 heteroatoms. The third kappa shape index (κ3) is 5.08. The van der Waals surface area contributed by atoms with Crippen molar-refractivity contribution in [2.45, 2.75) is 32.2 Å². The second-order valence-electron chi connectivity index (χ2n) is 5.68. The first-order valence-electron chi connectivity index (χ1n) is 8.20. The van der Waals surface area contributed by atoms with Gasteiger partial charge in [-0.2, -0.15) is 5.26 Å². The van der Waals surface area contributed by atoms with Crippen LogP contribution in [0.4, 0.5) is 10.5 Å². The molecule has 1 aromatic rings. The van der Waals surface area contributed by atoms with Gasteiger partial charge >= 0.3 is 6.03 Å². The number of nitrogens with one attached hydrogen (secondary N) is 2. The van der Waals surface area contributed by atoms with Crippen molar-refractivity contribution in [3.63, 3.8) is 0 Å². The minimum Gasteiger partial charge on any atom is -0.490 e. The van der Waals surface area contributed by atoms with Crippen molar-refractivity contribution in [2.24, 2.45) is 5.14 Å². The molecule has 0 aliphatic carbocycles. The highest BCUT2D eigenvalue weighted by Gasteiger charge is 2.27. The van der Waals surface area contributed by atoms with Gasteiger partial charge in [0.1, 0.15) is 24.0 Å². The fourth-order valence-corrected chi connectivity index (χ4v) is 3.23. The van der Waals surface area contributed by atoms with Gasteiger partial charge in [0.15, 0.2) is 11.2 Å². The average Bonchev–Trinajstić information content (AvgIpc) is 2.60. The monoisotopic (exact) mass is 365 g/mol. The molecule has 1 aromatic carbocycles. The number of ether oxygens (including phenoxy) is 1. The fraction of sp³-hybridized carbons (Fsp3) is 0.500. The second-order valence-corrected chi connectivity index (χ2v) is 6.48. The lowest BCUT2D eigenvalue weighted by molar-refractivity contribution is 0.116. The summed E-state index contributed by atoms with van der Waals surface area (Å²) in [5.41, 5.74) is 0.590. The number of amides is 2. The van der Waals surface area contributed by atoms with Gasteiger partial charge in [0.2, 0.25) is 0 Å². The van der Waals surface area contributed by atoms with Crippen LogP contribution in [0.1, 0.15) is 31.7 Å². The van der Waals surface area contributed by atoms with Crippen LogP contribution in [0, 0.1) is 11.3 Å². The summed E-state index contributed by atoms with van der Waals surface area (Å²) >= 11 is -1.78. The molecule has 1 heterocycles. The van der Waals surface area contributed by atoms with Gasteiger partial charge in [-0.25, -0.2) is 14.1 Å². The lowest BCUT2D eigenvalue weighted by atomic mass is 10.0. The van der Waals surface area contributed by atoms with E-state index in [0.29, 0.717) is 31.1 Å². The van der Waals surface area contributed by atoms with Crippen molar-refractivity contribution in [3.8, 4) is 11.8 Å². The highest BCUT2D eigenvalue weighted by atomic mass is 32.2. The molecule has 1 aliphatic heterocycles. The summed E-state index contributed by atoms with van der Waals surface area (Å²) in [4.78, 5) is 14.0. The van der Waals surface area contributed by atoms with Gasteiger partial charge in [0.05, 0.1) is 11.7 Å². The number of urea groups is 1. The largest absolute Gasteiger partial charge is 0.490 e. The van der Waals surface area contributed by atoms with Crippen molar-refractivity contribution >= 4 is 22.9 Å². The van der Waals surface area contributed by atoms with Crippen LogP contribution in [-0.2, 0) is 11.2 Å². The van der Waals surface area contributed by atoms with Crippen molar-refractivity contribution < 1.29 is 13.7 Å². The molecule has 2 rings (SSSR count). The van der Waals surface area contributed by atoms with E-state index in [1.165, 1.54) is 0 Å². The van der Waals surface area contributed by atoms with E-state index in [-0.39, 0.29) is 17.6 Å². The molecule has 2 atom stereocenters. The number of hydrogen-bond donors (Lipinski definition) is 3. The molecule has 25 heavy (non-hydrogen) atoms. The summed E-state index contributed by atoms with van der Waals surface area (Å²) in [5.74, 6) is 0.374. The number of hydrogen-bond acceptors (Lipinski definition) is 4. The molecule has 1 fully saturated rings. The maximum atomic E-state index is 12.2. The van der Waals surface area contributed by atoms with Crippen LogP contribution in [0.25, 0.3) is 0 Å². The molecule has 1 saturated heterocycles. The third-order valence-corrected chi connectivity index (χ3v) is 4.42. The smallest absolute Gasteiger partial charge is 0.317 e. The van der Waals surface area contributed by atoms with Crippen LogP contribution in [0.15, 0.2) is 18.2 Å². The molecule has 0 radical (unpaired) electrons. The Hall–Kier alpha value is -2.31. The number of benzene rings is 1. The van der Waals surface area contributed by atoms with Crippen LogP contribution < -0.4 is 19.9 Å². The molecule has 1 aliphatic rings. The lowest BCUT2D eigenvalue weighted by Gasteiger charge is -2.35. The minimum atomic E-state index is -1.78. The van der Waals surface area contributed by atoms with E-state index >= 15 is 0 Å². The van der Waals surface area contributed by atoms with Gasteiger partial charge in [-0.3, -0.25) is 4.72 Å². The number of likely N-dealkylation sites (tertiary alicyclic amines) is 1. The molecule has 0 bridgehead atoms. The van der Waals surface area contributed by atoms with Crippen molar-refractivity contribution in [1.82, 2.24) is 10.2 Å². The highest BCUT2D eigenvalue weighted by molar-refractivity contribution is 7.84. The molecule has 0 saturated carbocycles. The summed E-state index contributed by atoms with van der Waals surface area (Å²) in [6.07, 6.45) is 2.85. The molecule has 8 nitrogen and oxygen atoms in total. The zero-order valence-corrected chi connectivity index (χ0v) is 15.0. The Morgan fingerprint density at radius 1 is 1.52 bits per heavy atom. The zero-order valence-electron chi connectivity index (χ0n) is 14.2. The zero-order chi connectivity index (χ0) is 18.2. The van der Waals surface area contributed by atoms with Gasteiger partial charge in [-0.15, -0.1) is 0 Å². The first-order valence-corrected chi connectivity index (χ1v) is 9.41. The summed E-state index contributed by atoms with van der Waals surface area (Å²) in [5, 5.41) is 17.4. The Bertz CT molecular complexity index is 676. The molecule has 0 aromatic heterocycles. The first-order chi connectivity index (χ1) is 12.1. The Kier molecular flexibility index (Phi) is 7.03. The van der Waals surface area contributed by atoms with Crippen LogP contribution in [0.3, 0.4) is 0 Å². The average molecular weight is 365 g/mol. The summed E-state index contributed by atoms with van der Waals surface area (Å²) < 4.78 is 19.5. The van der Waals surface area contributed by atoms with Crippen LogP contribution in [-0.4, -0.2) is 40.9 Å². The molecular formula is C16H23N5O3S. The number of anilines is 1. The minimum absolute atomic E-state index is 0.0490. The van der Waals surface area contributed by atoms with Crippen molar-refractivity contribution in [3.05, 3.63) is 23.8 Å². The Morgan fingerprint density at radius 3 is 3.00 bits per heavy atom. The normalized spacial score (nSPS) is 18.1. The van der Waals surface area contributed by atoms with E-state index in [0.717, 1.165) is 19.3 Å². The number of nitrogens with zero attached hydrogens (tertiary/aromatic N) is 2. The van der Waals surface area contributed by atoms with Gasteiger partial charge in [-0.05, 0) is 38.3 Å². The number of nitriles is 1. The predicted molar refractivity (Wildman–Crippen MR) is 96.0 cm³/mol. The van der Waals surface area contributed by atoms with Gasteiger partial charge in [0.25, 0.3) is 0 Å². The quantitative estimate of drug-likeness (QED) is 0.707. The van der Waals surface area contributed by atoms with E-state index in [1.807, 2.05) is 13.0 Å². The molecule has 136 valence electrons. The van der Waals surface area contributed by atoms with Crippen LogP contribution in [0.2, 0.25) is 0 Å². The second kappa shape index (κ2) is 9.25. The first kappa shape index (κ1) is 19.0. The van der Waals surface area contributed by atoms with E-state index in [4.69, 9.17) is 9.88 Å².